The molecule has 0 bridgehead atoms. The Morgan fingerprint density at radius 3 is 2.56 bits per heavy atom. The third-order valence-electron chi connectivity index (χ3n) is 5.60. The molecule has 0 radical (unpaired) electrons. The van der Waals surface area contributed by atoms with Crippen LogP contribution in [0.25, 0.3) is 27.8 Å². The quantitative estimate of drug-likeness (QED) is 0.317. The average Bonchev–Trinajstić information content (AvgIpc) is 3.20. The number of ether oxygens (including phenoxy) is 1. The highest BCUT2D eigenvalue weighted by atomic mass is 19.1. The highest BCUT2D eigenvalue weighted by Crippen LogP contribution is 2.38. The van der Waals surface area contributed by atoms with E-state index in [-0.39, 0.29) is 22.6 Å². The zero-order chi connectivity index (χ0) is 25.4. The first-order valence-corrected chi connectivity index (χ1v) is 10.8. The van der Waals surface area contributed by atoms with Crippen LogP contribution in [0.15, 0.2) is 67.0 Å². The summed E-state index contributed by atoms with van der Waals surface area (Å²) in [5, 5.41) is 7.54. The summed E-state index contributed by atoms with van der Waals surface area (Å²) in [5.74, 6) is -2.44. The molecule has 0 aliphatic rings. The summed E-state index contributed by atoms with van der Waals surface area (Å²) in [4.78, 5) is 20.6. The molecular weight excluding hydrogens is 471 g/mol. The monoisotopic (exact) mass is 489 g/mol. The van der Waals surface area contributed by atoms with Gasteiger partial charge in [0, 0.05) is 24.0 Å². The van der Waals surface area contributed by atoms with Gasteiger partial charge in [0.15, 0.2) is 5.82 Å². The molecule has 0 aliphatic heterocycles. The number of methoxy groups -OCH3 is 1. The summed E-state index contributed by atoms with van der Waals surface area (Å²) < 4.78 is 50.0. The number of esters is 1. The van der Waals surface area contributed by atoms with Crippen LogP contribution in [0.5, 0.6) is 0 Å². The number of aryl methyl sites for hydroxylation is 1. The Labute approximate surface area is 203 Å². The van der Waals surface area contributed by atoms with Crippen LogP contribution in [-0.2, 0) is 4.74 Å². The zero-order valence-electron chi connectivity index (χ0n) is 19.1. The molecule has 0 atom stereocenters. The Bertz CT molecular complexity index is 1630. The van der Waals surface area contributed by atoms with Crippen molar-refractivity contribution in [2.24, 2.45) is 0 Å². The summed E-state index contributed by atoms with van der Waals surface area (Å²) in [5.41, 5.74) is 1.90. The molecule has 10 heteroatoms. The molecule has 1 N–H and O–H groups in total. The smallest absolute Gasteiger partial charge is 0.339 e. The lowest BCUT2D eigenvalue weighted by Crippen LogP contribution is -2.09. The maximum absolute atomic E-state index is 15.0. The third-order valence-corrected chi connectivity index (χ3v) is 5.60. The predicted octanol–water partition coefficient (Wildman–Crippen LogP) is 5.74. The largest absolute Gasteiger partial charge is 0.465 e. The van der Waals surface area contributed by atoms with Crippen LogP contribution in [0.3, 0.4) is 0 Å². The number of hydrogen-bond donors (Lipinski definition) is 1. The van der Waals surface area contributed by atoms with Crippen molar-refractivity contribution in [2.45, 2.75) is 6.92 Å². The lowest BCUT2D eigenvalue weighted by atomic mass is 10.0. The first kappa shape index (κ1) is 23.0. The molecule has 0 spiro atoms. The predicted molar refractivity (Wildman–Crippen MR) is 128 cm³/mol. The van der Waals surface area contributed by atoms with Crippen LogP contribution in [0.1, 0.15) is 16.1 Å². The number of benzene rings is 3. The van der Waals surface area contributed by atoms with E-state index in [0.29, 0.717) is 28.0 Å². The van der Waals surface area contributed by atoms with Gasteiger partial charge < -0.3 is 10.1 Å². The molecule has 7 nitrogen and oxygen atoms in total. The zero-order valence-corrected chi connectivity index (χ0v) is 19.1. The van der Waals surface area contributed by atoms with Gasteiger partial charge in [-0.3, -0.25) is 4.98 Å². The van der Waals surface area contributed by atoms with E-state index in [4.69, 9.17) is 4.74 Å². The molecule has 0 unspecified atom stereocenters. The van der Waals surface area contributed by atoms with Gasteiger partial charge in [-0.05, 0) is 48.9 Å². The van der Waals surface area contributed by atoms with Crippen molar-refractivity contribution in [2.75, 3.05) is 12.4 Å². The Morgan fingerprint density at radius 1 is 0.972 bits per heavy atom. The Balaban J connectivity index is 1.78. The highest BCUT2D eigenvalue weighted by molar-refractivity contribution is 5.97. The van der Waals surface area contributed by atoms with E-state index in [9.17, 15) is 18.0 Å². The lowest BCUT2D eigenvalue weighted by Gasteiger charge is -2.15. The number of rotatable bonds is 5. The normalized spacial score (nSPS) is 11.0. The minimum absolute atomic E-state index is 0.0908. The molecule has 2 heterocycles. The van der Waals surface area contributed by atoms with E-state index in [1.54, 1.807) is 37.3 Å². The van der Waals surface area contributed by atoms with Gasteiger partial charge in [-0.15, -0.1) is 0 Å². The number of carbonyl (C=O) groups is 1. The van der Waals surface area contributed by atoms with Crippen molar-refractivity contribution >= 4 is 28.5 Å². The van der Waals surface area contributed by atoms with E-state index >= 15 is 0 Å². The summed E-state index contributed by atoms with van der Waals surface area (Å²) in [6, 6.07) is 12.4. The van der Waals surface area contributed by atoms with Gasteiger partial charge in [0.25, 0.3) is 0 Å². The Hall–Kier alpha value is -4.73. The fourth-order valence-corrected chi connectivity index (χ4v) is 3.99. The number of carbonyl (C=O) groups excluding carboxylic acids is 1. The number of aromatic nitrogens is 4. The number of hydrogen-bond acceptors (Lipinski definition) is 6. The van der Waals surface area contributed by atoms with Crippen LogP contribution >= 0.6 is 0 Å². The molecule has 180 valence electrons. The van der Waals surface area contributed by atoms with Gasteiger partial charge in [-0.25, -0.2) is 27.6 Å². The third kappa shape index (κ3) is 4.02. The van der Waals surface area contributed by atoms with Crippen LogP contribution < -0.4 is 5.32 Å². The molecule has 5 aromatic rings. The van der Waals surface area contributed by atoms with E-state index in [2.05, 4.69) is 20.4 Å². The van der Waals surface area contributed by atoms with Gasteiger partial charge in [-0.1, -0.05) is 12.1 Å². The molecule has 0 saturated carbocycles. The van der Waals surface area contributed by atoms with E-state index < -0.39 is 23.4 Å². The standard InChI is InChI=1S/C26H18F3N5O2/c1-14-23(15-11-19(29)24-21(12-15)30-9-10-31-24)25(32-20-6-4-3-5-17(20)26(35)36-2)34(33-14)22-13-16(27)7-8-18(22)28/h3-13,32H,1-2H3. The molecule has 36 heavy (non-hydrogen) atoms. The van der Waals surface area contributed by atoms with E-state index in [1.165, 1.54) is 30.3 Å². The highest BCUT2D eigenvalue weighted by Gasteiger charge is 2.24. The first-order valence-electron chi connectivity index (χ1n) is 10.8. The summed E-state index contributed by atoms with van der Waals surface area (Å²) in [6.45, 7) is 1.65. The summed E-state index contributed by atoms with van der Waals surface area (Å²) >= 11 is 0. The average molecular weight is 489 g/mol. The minimum atomic E-state index is -0.731. The van der Waals surface area contributed by atoms with Crippen LogP contribution in [-0.4, -0.2) is 32.8 Å². The molecule has 0 aliphatic carbocycles. The van der Waals surface area contributed by atoms with Gasteiger partial charge >= 0.3 is 5.97 Å². The molecule has 0 fully saturated rings. The van der Waals surface area contributed by atoms with Crippen molar-refractivity contribution in [3.8, 4) is 16.8 Å². The van der Waals surface area contributed by atoms with Crippen molar-refractivity contribution in [3.63, 3.8) is 0 Å². The number of para-hydroxylation sites is 1. The number of fused-ring (bicyclic) bond motifs is 1. The Kier molecular flexibility index (Phi) is 5.85. The number of anilines is 2. The molecule has 0 saturated heterocycles. The number of nitrogens with zero attached hydrogens (tertiary/aromatic N) is 4. The molecule has 0 amide bonds. The maximum atomic E-state index is 15.0. The van der Waals surface area contributed by atoms with Crippen molar-refractivity contribution in [3.05, 3.63) is 95.7 Å². The van der Waals surface area contributed by atoms with E-state index in [1.807, 2.05) is 0 Å². The van der Waals surface area contributed by atoms with E-state index in [0.717, 1.165) is 18.2 Å². The fourth-order valence-electron chi connectivity index (χ4n) is 3.99. The second kappa shape index (κ2) is 9.14. The van der Waals surface area contributed by atoms with Crippen molar-refractivity contribution < 1.29 is 22.7 Å². The molecule has 3 aromatic carbocycles. The molecule has 5 rings (SSSR count). The summed E-state index contributed by atoms with van der Waals surface area (Å²) in [6.07, 6.45) is 2.83. The minimum Gasteiger partial charge on any atom is -0.465 e. The van der Waals surface area contributed by atoms with Crippen molar-refractivity contribution in [1.29, 1.82) is 0 Å². The van der Waals surface area contributed by atoms with Gasteiger partial charge in [0.2, 0.25) is 0 Å². The second-order valence-electron chi connectivity index (χ2n) is 7.86. The molecular formula is C26H18F3N5O2. The topological polar surface area (TPSA) is 81.9 Å². The Morgan fingerprint density at radius 2 is 1.75 bits per heavy atom. The van der Waals surface area contributed by atoms with Crippen LogP contribution in [0.4, 0.5) is 24.7 Å². The second-order valence-corrected chi connectivity index (χ2v) is 7.86. The van der Waals surface area contributed by atoms with Gasteiger partial charge in [0.1, 0.15) is 28.7 Å². The van der Waals surface area contributed by atoms with Gasteiger partial charge in [-0.2, -0.15) is 5.10 Å². The van der Waals surface area contributed by atoms with Crippen LogP contribution in [0, 0.1) is 24.4 Å². The molecule has 2 aromatic heterocycles. The van der Waals surface area contributed by atoms with Crippen LogP contribution in [0.2, 0.25) is 0 Å². The fraction of sp³-hybridized carbons (Fsp3) is 0.0769. The SMILES string of the molecule is COC(=O)c1ccccc1Nc1c(-c2cc(F)c3nccnc3c2)c(C)nn1-c1cc(F)ccc1F. The summed E-state index contributed by atoms with van der Waals surface area (Å²) in [7, 11) is 1.25. The first-order chi connectivity index (χ1) is 17.4. The number of halogens is 3. The lowest BCUT2D eigenvalue weighted by molar-refractivity contribution is 0.0602. The van der Waals surface area contributed by atoms with Crippen molar-refractivity contribution in [1.82, 2.24) is 19.7 Å². The van der Waals surface area contributed by atoms with Gasteiger partial charge in [0.05, 0.1) is 29.6 Å². The maximum Gasteiger partial charge on any atom is 0.339 e. The number of nitrogens with one attached hydrogen (secondary N) is 1.